The SMILES string of the molecule is N=C(N)c1cccc(OC(C(=O)Nc2ccc(N3CCOCC3=O)cc2)c2ccccc2)c1. The van der Waals surface area contributed by atoms with Crippen LogP contribution in [0.3, 0.4) is 0 Å². The van der Waals surface area contributed by atoms with Gasteiger partial charge in [0.05, 0.1) is 6.61 Å². The summed E-state index contributed by atoms with van der Waals surface area (Å²) in [5, 5.41) is 10.5. The Balaban J connectivity index is 1.52. The number of carbonyl (C=O) groups excluding carboxylic acids is 2. The number of anilines is 2. The van der Waals surface area contributed by atoms with Gasteiger partial charge in [0.2, 0.25) is 6.10 Å². The van der Waals surface area contributed by atoms with Crippen LogP contribution in [0.4, 0.5) is 11.4 Å². The van der Waals surface area contributed by atoms with Gasteiger partial charge < -0.3 is 25.4 Å². The Morgan fingerprint density at radius 1 is 1.06 bits per heavy atom. The molecule has 0 bridgehead atoms. The number of morpholine rings is 1. The molecule has 8 nitrogen and oxygen atoms in total. The molecule has 2 amide bonds. The number of carbonyl (C=O) groups is 2. The second kappa shape index (κ2) is 9.97. The van der Waals surface area contributed by atoms with Crippen LogP contribution in [0.1, 0.15) is 17.2 Å². The highest BCUT2D eigenvalue weighted by Gasteiger charge is 2.24. The van der Waals surface area contributed by atoms with Gasteiger partial charge >= 0.3 is 0 Å². The first-order valence-electron chi connectivity index (χ1n) is 10.5. The number of nitrogens with zero attached hydrogens (tertiary/aromatic N) is 1. The van der Waals surface area contributed by atoms with Crippen molar-refractivity contribution in [2.24, 2.45) is 5.73 Å². The van der Waals surface area contributed by atoms with Crippen LogP contribution in [0.5, 0.6) is 5.75 Å². The first-order valence-corrected chi connectivity index (χ1v) is 10.5. The molecule has 33 heavy (non-hydrogen) atoms. The molecule has 0 saturated carbocycles. The van der Waals surface area contributed by atoms with Crippen LogP contribution in [0.25, 0.3) is 0 Å². The van der Waals surface area contributed by atoms with E-state index in [-0.39, 0.29) is 24.3 Å². The molecule has 1 saturated heterocycles. The van der Waals surface area contributed by atoms with E-state index >= 15 is 0 Å². The van der Waals surface area contributed by atoms with Crippen molar-refractivity contribution in [3.05, 3.63) is 90.0 Å². The molecule has 1 fully saturated rings. The fourth-order valence-electron chi connectivity index (χ4n) is 3.50. The van der Waals surface area contributed by atoms with Crippen molar-refractivity contribution < 1.29 is 19.1 Å². The maximum Gasteiger partial charge on any atom is 0.270 e. The quantitative estimate of drug-likeness (QED) is 0.382. The first-order chi connectivity index (χ1) is 16.0. The van der Waals surface area contributed by atoms with Gasteiger partial charge in [0.25, 0.3) is 11.8 Å². The molecule has 1 aliphatic rings. The Hall–Kier alpha value is -4.17. The maximum atomic E-state index is 13.2. The molecule has 1 heterocycles. The van der Waals surface area contributed by atoms with Gasteiger partial charge in [-0.3, -0.25) is 15.0 Å². The topological polar surface area (TPSA) is 118 Å². The number of amidine groups is 1. The Labute approximate surface area is 191 Å². The third-order valence-corrected chi connectivity index (χ3v) is 5.17. The van der Waals surface area contributed by atoms with Crippen LogP contribution < -0.4 is 20.7 Å². The molecular weight excluding hydrogens is 420 g/mol. The smallest absolute Gasteiger partial charge is 0.270 e. The number of nitrogens with two attached hydrogens (primary N) is 1. The van der Waals surface area contributed by atoms with Crippen LogP contribution in [0.15, 0.2) is 78.9 Å². The fourth-order valence-corrected chi connectivity index (χ4v) is 3.50. The van der Waals surface area contributed by atoms with Crippen molar-refractivity contribution in [1.82, 2.24) is 0 Å². The molecule has 1 atom stereocenters. The Bertz CT molecular complexity index is 1150. The number of nitrogens with one attached hydrogen (secondary N) is 2. The summed E-state index contributed by atoms with van der Waals surface area (Å²) in [6.45, 7) is 1.05. The van der Waals surface area contributed by atoms with Gasteiger partial charge in [0, 0.05) is 29.0 Å². The van der Waals surface area contributed by atoms with Gasteiger partial charge in [0.15, 0.2) is 0 Å². The number of ether oxygens (including phenoxy) is 2. The van der Waals surface area contributed by atoms with Gasteiger partial charge in [0.1, 0.15) is 18.2 Å². The number of nitrogen functional groups attached to an aromatic ring is 1. The zero-order chi connectivity index (χ0) is 23.2. The number of rotatable bonds is 7. The Morgan fingerprint density at radius 3 is 2.52 bits per heavy atom. The largest absolute Gasteiger partial charge is 0.476 e. The molecule has 4 rings (SSSR count). The lowest BCUT2D eigenvalue weighted by Crippen LogP contribution is -2.41. The predicted molar refractivity (Wildman–Crippen MR) is 126 cm³/mol. The van der Waals surface area contributed by atoms with Crippen LogP contribution in [0.2, 0.25) is 0 Å². The lowest BCUT2D eigenvalue weighted by atomic mass is 10.1. The molecule has 0 aliphatic carbocycles. The third-order valence-electron chi connectivity index (χ3n) is 5.17. The summed E-state index contributed by atoms with van der Waals surface area (Å²) in [6, 6.07) is 23.0. The van der Waals surface area contributed by atoms with Crippen molar-refractivity contribution in [2.45, 2.75) is 6.10 Å². The zero-order valence-corrected chi connectivity index (χ0v) is 17.9. The number of hydrogen-bond donors (Lipinski definition) is 3. The minimum absolute atomic E-state index is 0.0689. The molecule has 3 aromatic carbocycles. The van der Waals surface area contributed by atoms with E-state index in [4.69, 9.17) is 20.6 Å². The first kappa shape index (κ1) is 22.0. The van der Waals surface area contributed by atoms with E-state index in [0.29, 0.717) is 35.7 Å². The van der Waals surface area contributed by atoms with Crippen molar-refractivity contribution in [3.8, 4) is 5.75 Å². The fraction of sp³-hybridized carbons (Fsp3) is 0.160. The van der Waals surface area contributed by atoms with Gasteiger partial charge in [-0.1, -0.05) is 42.5 Å². The number of benzene rings is 3. The Kier molecular flexibility index (Phi) is 6.66. The van der Waals surface area contributed by atoms with Crippen LogP contribution in [-0.4, -0.2) is 37.4 Å². The number of amides is 2. The molecule has 1 aliphatic heterocycles. The van der Waals surface area contributed by atoms with E-state index in [1.165, 1.54) is 0 Å². The predicted octanol–water partition coefficient (Wildman–Crippen LogP) is 3.09. The monoisotopic (exact) mass is 444 g/mol. The molecule has 0 radical (unpaired) electrons. The minimum Gasteiger partial charge on any atom is -0.476 e. The highest BCUT2D eigenvalue weighted by molar-refractivity contribution is 5.97. The standard InChI is InChI=1S/C25H24N4O4/c26-24(27)18-7-4-8-21(15-18)33-23(17-5-2-1-3-6-17)25(31)28-19-9-11-20(12-10-19)29-13-14-32-16-22(29)30/h1-12,15,23H,13-14,16H2,(H3,26,27)(H,28,31). The van der Waals surface area contributed by atoms with E-state index in [0.717, 1.165) is 5.69 Å². The average Bonchev–Trinajstić information content (AvgIpc) is 2.84. The molecule has 168 valence electrons. The summed E-state index contributed by atoms with van der Waals surface area (Å²) < 4.78 is 11.2. The van der Waals surface area contributed by atoms with E-state index < -0.39 is 6.10 Å². The molecule has 0 aromatic heterocycles. The third kappa shape index (κ3) is 5.36. The van der Waals surface area contributed by atoms with Crippen LogP contribution >= 0.6 is 0 Å². The average molecular weight is 444 g/mol. The molecule has 8 heteroatoms. The van der Waals surface area contributed by atoms with E-state index in [1.807, 2.05) is 30.3 Å². The van der Waals surface area contributed by atoms with Crippen molar-refractivity contribution >= 4 is 29.0 Å². The summed E-state index contributed by atoms with van der Waals surface area (Å²) in [5.41, 5.74) is 8.09. The highest BCUT2D eigenvalue weighted by atomic mass is 16.5. The van der Waals surface area contributed by atoms with Crippen molar-refractivity contribution in [1.29, 1.82) is 5.41 Å². The highest BCUT2D eigenvalue weighted by Crippen LogP contribution is 2.26. The Morgan fingerprint density at radius 2 is 1.82 bits per heavy atom. The van der Waals surface area contributed by atoms with E-state index in [9.17, 15) is 9.59 Å². The van der Waals surface area contributed by atoms with Crippen molar-refractivity contribution in [2.75, 3.05) is 30.0 Å². The molecule has 3 aromatic rings. The van der Waals surface area contributed by atoms with Crippen molar-refractivity contribution in [3.63, 3.8) is 0 Å². The molecular formula is C25H24N4O4. The number of hydrogen-bond acceptors (Lipinski definition) is 5. The van der Waals surface area contributed by atoms with Gasteiger partial charge in [-0.2, -0.15) is 0 Å². The summed E-state index contributed by atoms with van der Waals surface area (Å²) in [4.78, 5) is 26.9. The second-order valence-corrected chi connectivity index (χ2v) is 7.48. The summed E-state index contributed by atoms with van der Waals surface area (Å²) >= 11 is 0. The van der Waals surface area contributed by atoms with Gasteiger partial charge in [-0.25, -0.2) is 0 Å². The van der Waals surface area contributed by atoms with Gasteiger partial charge in [-0.15, -0.1) is 0 Å². The normalized spacial score (nSPS) is 14.4. The maximum absolute atomic E-state index is 13.2. The zero-order valence-electron chi connectivity index (χ0n) is 17.9. The van der Waals surface area contributed by atoms with Crippen LogP contribution in [-0.2, 0) is 14.3 Å². The lowest BCUT2D eigenvalue weighted by Gasteiger charge is -2.27. The summed E-state index contributed by atoms with van der Waals surface area (Å²) in [6.07, 6.45) is -0.922. The lowest BCUT2D eigenvalue weighted by molar-refractivity contribution is -0.125. The van der Waals surface area contributed by atoms with E-state index in [2.05, 4.69) is 5.32 Å². The molecule has 4 N–H and O–H groups in total. The van der Waals surface area contributed by atoms with Gasteiger partial charge in [-0.05, 0) is 36.4 Å². The van der Waals surface area contributed by atoms with E-state index in [1.54, 1.807) is 53.4 Å². The summed E-state index contributed by atoms with van der Waals surface area (Å²) in [5.74, 6) is -0.110. The second-order valence-electron chi connectivity index (χ2n) is 7.48. The minimum atomic E-state index is -0.922. The summed E-state index contributed by atoms with van der Waals surface area (Å²) in [7, 11) is 0. The molecule has 0 spiro atoms. The van der Waals surface area contributed by atoms with Crippen LogP contribution in [0, 0.1) is 5.41 Å². The molecule has 1 unspecified atom stereocenters.